The fourth-order valence-electron chi connectivity index (χ4n) is 1.42. The number of hydrogen-bond donors (Lipinski definition) is 0. The van der Waals surface area contributed by atoms with Gasteiger partial charge in [0.25, 0.3) is 0 Å². The second-order valence-corrected chi connectivity index (χ2v) is 5.36. The van der Waals surface area contributed by atoms with E-state index in [4.69, 9.17) is 23.2 Å². The van der Waals surface area contributed by atoms with Crippen LogP contribution in [0.5, 0.6) is 0 Å². The maximum absolute atomic E-state index is 6.01. The van der Waals surface area contributed by atoms with E-state index < -0.39 is 0 Å². The Bertz CT molecular complexity index is 540. The molecule has 0 saturated carbocycles. The Morgan fingerprint density at radius 3 is 2.71 bits per heavy atom. The summed E-state index contributed by atoms with van der Waals surface area (Å²) in [5.74, 6) is 0.752. The van der Waals surface area contributed by atoms with E-state index in [2.05, 4.69) is 10.1 Å². The van der Waals surface area contributed by atoms with Crippen molar-refractivity contribution >= 4 is 35.0 Å². The molecular weight excluding hydrogens is 277 g/mol. The molecule has 0 bridgehead atoms. The van der Waals surface area contributed by atoms with E-state index in [1.807, 2.05) is 30.8 Å². The minimum Gasteiger partial charge on any atom is -0.262 e. The van der Waals surface area contributed by atoms with Gasteiger partial charge in [0.1, 0.15) is 10.3 Å². The Morgan fingerprint density at radius 2 is 2.12 bits per heavy atom. The van der Waals surface area contributed by atoms with Crippen molar-refractivity contribution in [1.82, 2.24) is 14.8 Å². The van der Waals surface area contributed by atoms with Gasteiger partial charge in [0.2, 0.25) is 0 Å². The minimum absolute atomic E-state index is 0.417. The SMILES string of the molecule is Cc1cc(SCc2ccc(Cl)nc2Cl)n(C)n1. The fourth-order valence-corrected chi connectivity index (χ4v) is 2.93. The van der Waals surface area contributed by atoms with Gasteiger partial charge in [-0.25, -0.2) is 4.98 Å². The van der Waals surface area contributed by atoms with Gasteiger partial charge in [0.15, 0.2) is 0 Å². The van der Waals surface area contributed by atoms with Crippen molar-refractivity contribution in [2.45, 2.75) is 17.7 Å². The molecular formula is C11H11Cl2N3S. The first-order valence-electron chi connectivity index (χ1n) is 5.00. The highest BCUT2D eigenvalue weighted by Crippen LogP contribution is 2.26. The number of nitrogens with zero attached hydrogens (tertiary/aromatic N) is 3. The van der Waals surface area contributed by atoms with E-state index >= 15 is 0 Å². The summed E-state index contributed by atoms with van der Waals surface area (Å²) in [6, 6.07) is 5.69. The van der Waals surface area contributed by atoms with Crippen LogP contribution in [-0.2, 0) is 12.8 Å². The maximum Gasteiger partial charge on any atom is 0.134 e. The van der Waals surface area contributed by atoms with Crippen LogP contribution in [0.25, 0.3) is 0 Å². The molecule has 6 heteroatoms. The summed E-state index contributed by atoms with van der Waals surface area (Å²) in [4.78, 5) is 4.01. The van der Waals surface area contributed by atoms with Crippen molar-refractivity contribution in [2.24, 2.45) is 7.05 Å². The van der Waals surface area contributed by atoms with Crippen LogP contribution >= 0.6 is 35.0 Å². The van der Waals surface area contributed by atoms with Gasteiger partial charge in [0.05, 0.1) is 10.7 Å². The van der Waals surface area contributed by atoms with Crippen molar-refractivity contribution in [1.29, 1.82) is 0 Å². The molecule has 2 rings (SSSR count). The lowest BCUT2D eigenvalue weighted by Crippen LogP contribution is -1.93. The predicted molar refractivity (Wildman–Crippen MR) is 71.8 cm³/mol. The molecule has 0 aliphatic heterocycles. The summed E-state index contributed by atoms with van der Waals surface area (Å²) >= 11 is 13.4. The largest absolute Gasteiger partial charge is 0.262 e. The molecule has 0 unspecified atom stereocenters. The zero-order valence-electron chi connectivity index (χ0n) is 9.44. The van der Waals surface area contributed by atoms with Crippen LogP contribution in [-0.4, -0.2) is 14.8 Å². The van der Waals surface area contributed by atoms with E-state index in [0.29, 0.717) is 10.3 Å². The number of pyridine rings is 1. The second kappa shape index (κ2) is 5.29. The van der Waals surface area contributed by atoms with Gasteiger partial charge in [0, 0.05) is 12.8 Å². The molecule has 0 aromatic carbocycles. The average Bonchev–Trinajstić information content (AvgIpc) is 2.56. The number of halogens is 2. The van der Waals surface area contributed by atoms with Gasteiger partial charge in [-0.3, -0.25) is 4.68 Å². The maximum atomic E-state index is 6.01. The molecule has 3 nitrogen and oxygen atoms in total. The lowest BCUT2D eigenvalue weighted by atomic mass is 10.3. The van der Waals surface area contributed by atoms with Crippen LogP contribution in [0, 0.1) is 6.92 Å². The predicted octanol–water partition coefficient (Wildman–Crippen LogP) is 3.72. The van der Waals surface area contributed by atoms with Crippen LogP contribution in [0.4, 0.5) is 0 Å². The number of aromatic nitrogens is 3. The Labute approximate surface area is 114 Å². The molecule has 2 heterocycles. The van der Waals surface area contributed by atoms with E-state index in [0.717, 1.165) is 22.0 Å². The van der Waals surface area contributed by atoms with Gasteiger partial charge in [-0.05, 0) is 24.6 Å². The van der Waals surface area contributed by atoms with Gasteiger partial charge < -0.3 is 0 Å². The zero-order chi connectivity index (χ0) is 12.4. The lowest BCUT2D eigenvalue weighted by Gasteiger charge is -2.04. The Kier molecular flexibility index (Phi) is 3.97. The van der Waals surface area contributed by atoms with Crippen LogP contribution in [0.15, 0.2) is 23.2 Å². The highest BCUT2D eigenvalue weighted by molar-refractivity contribution is 7.98. The highest BCUT2D eigenvalue weighted by Gasteiger charge is 2.06. The molecule has 0 saturated heterocycles. The third-order valence-electron chi connectivity index (χ3n) is 2.23. The van der Waals surface area contributed by atoms with Crippen LogP contribution in [0.3, 0.4) is 0 Å². The van der Waals surface area contributed by atoms with E-state index in [9.17, 15) is 0 Å². The molecule has 0 aliphatic rings. The third kappa shape index (κ3) is 3.15. The van der Waals surface area contributed by atoms with E-state index in [-0.39, 0.29) is 0 Å². The third-order valence-corrected chi connectivity index (χ3v) is 3.90. The number of hydrogen-bond acceptors (Lipinski definition) is 3. The molecule has 0 amide bonds. The molecule has 0 atom stereocenters. The first-order chi connectivity index (χ1) is 8.06. The van der Waals surface area contributed by atoms with Gasteiger partial charge in [-0.1, -0.05) is 29.3 Å². The molecule has 0 fully saturated rings. The van der Waals surface area contributed by atoms with E-state index in [1.165, 1.54) is 0 Å². The summed E-state index contributed by atoms with van der Waals surface area (Å²) in [5, 5.41) is 6.27. The molecule has 90 valence electrons. The summed E-state index contributed by atoms with van der Waals surface area (Å²) in [5.41, 5.74) is 1.98. The van der Waals surface area contributed by atoms with Crippen LogP contribution in [0.1, 0.15) is 11.3 Å². The molecule has 0 radical (unpaired) electrons. The molecule has 0 aliphatic carbocycles. The monoisotopic (exact) mass is 287 g/mol. The van der Waals surface area contributed by atoms with Gasteiger partial charge in [-0.2, -0.15) is 5.10 Å². The summed E-state index contributed by atoms with van der Waals surface area (Å²) in [6.07, 6.45) is 0. The van der Waals surface area contributed by atoms with Crippen LogP contribution < -0.4 is 0 Å². The van der Waals surface area contributed by atoms with Crippen molar-refractivity contribution in [3.8, 4) is 0 Å². The van der Waals surface area contributed by atoms with Crippen molar-refractivity contribution in [3.63, 3.8) is 0 Å². The standard InChI is InChI=1S/C11H11Cl2N3S/c1-7-5-10(16(2)15-7)17-6-8-3-4-9(12)14-11(8)13/h3-5H,6H2,1-2H3. The van der Waals surface area contributed by atoms with Crippen molar-refractivity contribution < 1.29 is 0 Å². The van der Waals surface area contributed by atoms with Gasteiger partial charge in [-0.15, -0.1) is 11.8 Å². The van der Waals surface area contributed by atoms with Crippen LogP contribution in [0.2, 0.25) is 10.3 Å². The fraction of sp³-hybridized carbons (Fsp3) is 0.273. The molecule has 17 heavy (non-hydrogen) atoms. The Morgan fingerprint density at radius 1 is 1.35 bits per heavy atom. The summed E-state index contributed by atoms with van der Waals surface area (Å²) in [7, 11) is 1.93. The average molecular weight is 288 g/mol. The lowest BCUT2D eigenvalue weighted by molar-refractivity contribution is 0.692. The molecule has 2 aromatic rings. The first kappa shape index (κ1) is 12.7. The normalized spacial score (nSPS) is 10.8. The molecule has 0 N–H and O–H groups in total. The quantitative estimate of drug-likeness (QED) is 0.637. The second-order valence-electron chi connectivity index (χ2n) is 3.62. The zero-order valence-corrected chi connectivity index (χ0v) is 11.8. The number of aryl methyl sites for hydroxylation is 2. The number of thioether (sulfide) groups is 1. The summed E-state index contributed by atoms with van der Waals surface area (Å²) < 4.78 is 1.86. The minimum atomic E-state index is 0.417. The first-order valence-corrected chi connectivity index (χ1v) is 6.75. The molecule has 0 spiro atoms. The topological polar surface area (TPSA) is 30.7 Å². The molecule has 2 aromatic heterocycles. The Hall–Kier alpha value is -0.710. The Balaban J connectivity index is 2.10. The summed E-state index contributed by atoms with van der Waals surface area (Å²) in [6.45, 7) is 1.97. The van der Waals surface area contributed by atoms with Crippen molar-refractivity contribution in [3.05, 3.63) is 39.8 Å². The smallest absolute Gasteiger partial charge is 0.134 e. The van der Waals surface area contributed by atoms with Gasteiger partial charge >= 0.3 is 0 Å². The van der Waals surface area contributed by atoms with Crippen molar-refractivity contribution in [2.75, 3.05) is 0 Å². The van der Waals surface area contributed by atoms with E-state index in [1.54, 1.807) is 17.8 Å². The number of rotatable bonds is 3. The highest BCUT2D eigenvalue weighted by atomic mass is 35.5.